The van der Waals surface area contributed by atoms with Crippen molar-refractivity contribution in [3.05, 3.63) is 53.9 Å². The van der Waals surface area contributed by atoms with E-state index in [9.17, 15) is 0 Å². The molecule has 2 rings (SSSR count). The largest absolute Gasteiger partial charge is 0.264 e. The standard InChI is InChI=1S/C15H17N/c1-11(2)13-5-4-6-14(9-13)15-7-8-16-10-12(15)3/h4-11H,1-3H3. The first-order valence-electron chi connectivity index (χ1n) is 5.69. The summed E-state index contributed by atoms with van der Waals surface area (Å²) in [5.41, 5.74) is 5.17. The maximum absolute atomic E-state index is 4.13. The fourth-order valence-electron chi connectivity index (χ4n) is 1.86. The number of nitrogens with zero attached hydrogens (tertiary/aromatic N) is 1. The zero-order chi connectivity index (χ0) is 11.5. The maximum atomic E-state index is 4.13. The fourth-order valence-corrected chi connectivity index (χ4v) is 1.86. The van der Waals surface area contributed by atoms with Crippen LogP contribution in [-0.4, -0.2) is 4.98 Å². The van der Waals surface area contributed by atoms with Crippen molar-refractivity contribution in [2.24, 2.45) is 0 Å². The minimum Gasteiger partial charge on any atom is -0.264 e. The molecular weight excluding hydrogens is 194 g/mol. The first-order valence-corrected chi connectivity index (χ1v) is 5.69. The van der Waals surface area contributed by atoms with E-state index >= 15 is 0 Å². The van der Waals surface area contributed by atoms with E-state index in [-0.39, 0.29) is 0 Å². The number of benzene rings is 1. The number of pyridine rings is 1. The van der Waals surface area contributed by atoms with Crippen molar-refractivity contribution in [1.29, 1.82) is 0 Å². The average molecular weight is 211 g/mol. The van der Waals surface area contributed by atoms with Crippen LogP contribution in [0, 0.1) is 6.92 Å². The van der Waals surface area contributed by atoms with Crippen molar-refractivity contribution in [2.45, 2.75) is 26.7 Å². The molecule has 0 aliphatic carbocycles. The van der Waals surface area contributed by atoms with Crippen LogP contribution in [0.25, 0.3) is 11.1 Å². The molecule has 0 saturated heterocycles. The molecule has 1 heterocycles. The summed E-state index contributed by atoms with van der Waals surface area (Å²) in [4.78, 5) is 4.13. The van der Waals surface area contributed by atoms with Crippen LogP contribution in [0.15, 0.2) is 42.7 Å². The van der Waals surface area contributed by atoms with Crippen LogP contribution in [0.1, 0.15) is 30.9 Å². The summed E-state index contributed by atoms with van der Waals surface area (Å²) in [5, 5.41) is 0. The van der Waals surface area contributed by atoms with Crippen molar-refractivity contribution < 1.29 is 0 Å². The number of hydrogen-bond donors (Lipinski definition) is 0. The summed E-state index contributed by atoms with van der Waals surface area (Å²) >= 11 is 0. The third kappa shape index (κ3) is 2.13. The highest BCUT2D eigenvalue weighted by molar-refractivity contribution is 5.67. The van der Waals surface area contributed by atoms with Crippen LogP contribution in [-0.2, 0) is 0 Å². The van der Waals surface area contributed by atoms with Crippen LogP contribution >= 0.6 is 0 Å². The number of rotatable bonds is 2. The predicted molar refractivity (Wildman–Crippen MR) is 68.5 cm³/mol. The first kappa shape index (κ1) is 10.9. The molecule has 82 valence electrons. The van der Waals surface area contributed by atoms with Gasteiger partial charge in [0.25, 0.3) is 0 Å². The molecule has 1 heteroatoms. The van der Waals surface area contributed by atoms with E-state index in [1.807, 2.05) is 12.4 Å². The molecule has 0 fully saturated rings. The van der Waals surface area contributed by atoms with E-state index in [2.05, 4.69) is 56.1 Å². The summed E-state index contributed by atoms with van der Waals surface area (Å²) in [6.07, 6.45) is 3.77. The molecule has 0 radical (unpaired) electrons. The van der Waals surface area contributed by atoms with Gasteiger partial charge in [0.05, 0.1) is 0 Å². The zero-order valence-corrected chi connectivity index (χ0v) is 10.1. The van der Waals surface area contributed by atoms with Crippen LogP contribution in [0.3, 0.4) is 0 Å². The molecule has 0 saturated carbocycles. The smallest absolute Gasteiger partial charge is 0.0303 e. The Morgan fingerprint density at radius 3 is 2.62 bits per heavy atom. The van der Waals surface area contributed by atoms with Crippen molar-refractivity contribution in [3.8, 4) is 11.1 Å². The lowest BCUT2D eigenvalue weighted by atomic mass is 9.96. The lowest BCUT2D eigenvalue weighted by Crippen LogP contribution is -1.89. The van der Waals surface area contributed by atoms with Gasteiger partial charge in [0.2, 0.25) is 0 Å². The topological polar surface area (TPSA) is 12.9 Å². The SMILES string of the molecule is Cc1cnccc1-c1cccc(C(C)C)c1. The van der Waals surface area contributed by atoms with Gasteiger partial charge in [-0.2, -0.15) is 0 Å². The molecule has 0 N–H and O–H groups in total. The van der Waals surface area contributed by atoms with E-state index in [1.54, 1.807) is 0 Å². The van der Waals surface area contributed by atoms with E-state index in [0.29, 0.717) is 5.92 Å². The predicted octanol–water partition coefficient (Wildman–Crippen LogP) is 4.18. The van der Waals surface area contributed by atoms with E-state index < -0.39 is 0 Å². The summed E-state index contributed by atoms with van der Waals surface area (Å²) in [5.74, 6) is 0.571. The highest BCUT2D eigenvalue weighted by atomic mass is 14.6. The van der Waals surface area contributed by atoms with Gasteiger partial charge in [0.15, 0.2) is 0 Å². The van der Waals surface area contributed by atoms with Gasteiger partial charge >= 0.3 is 0 Å². The molecule has 0 atom stereocenters. The molecule has 0 spiro atoms. The molecule has 1 aromatic heterocycles. The highest BCUT2D eigenvalue weighted by Crippen LogP contribution is 2.25. The van der Waals surface area contributed by atoms with Gasteiger partial charge in [-0.25, -0.2) is 0 Å². The van der Waals surface area contributed by atoms with Crippen LogP contribution < -0.4 is 0 Å². The Labute approximate surface area is 97.2 Å². The quantitative estimate of drug-likeness (QED) is 0.726. The van der Waals surface area contributed by atoms with E-state index in [1.165, 1.54) is 22.3 Å². The van der Waals surface area contributed by atoms with Crippen molar-refractivity contribution in [2.75, 3.05) is 0 Å². The summed E-state index contributed by atoms with van der Waals surface area (Å²) in [6.45, 7) is 6.54. The Kier molecular flexibility index (Phi) is 3.04. The number of aromatic nitrogens is 1. The van der Waals surface area contributed by atoms with Crippen LogP contribution in [0.4, 0.5) is 0 Å². The Bertz CT molecular complexity index is 486. The van der Waals surface area contributed by atoms with Crippen molar-refractivity contribution in [3.63, 3.8) is 0 Å². The Morgan fingerprint density at radius 2 is 1.94 bits per heavy atom. The Balaban J connectivity index is 2.49. The minimum atomic E-state index is 0.571. The number of aryl methyl sites for hydroxylation is 1. The van der Waals surface area contributed by atoms with Crippen molar-refractivity contribution in [1.82, 2.24) is 4.98 Å². The Morgan fingerprint density at radius 1 is 1.12 bits per heavy atom. The first-order chi connectivity index (χ1) is 7.68. The van der Waals surface area contributed by atoms with Gasteiger partial charge in [-0.3, -0.25) is 4.98 Å². The Hall–Kier alpha value is -1.63. The second kappa shape index (κ2) is 4.48. The average Bonchev–Trinajstić information content (AvgIpc) is 2.30. The molecule has 1 nitrogen and oxygen atoms in total. The number of hydrogen-bond acceptors (Lipinski definition) is 1. The molecule has 16 heavy (non-hydrogen) atoms. The lowest BCUT2D eigenvalue weighted by molar-refractivity contribution is 0.867. The maximum Gasteiger partial charge on any atom is 0.0303 e. The monoisotopic (exact) mass is 211 g/mol. The molecule has 0 aliphatic heterocycles. The normalized spacial score (nSPS) is 10.8. The second-order valence-electron chi connectivity index (χ2n) is 4.47. The highest BCUT2D eigenvalue weighted by Gasteiger charge is 2.04. The fraction of sp³-hybridized carbons (Fsp3) is 0.267. The summed E-state index contributed by atoms with van der Waals surface area (Å²) in [7, 11) is 0. The molecule has 1 aromatic carbocycles. The van der Waals surface area contributed by atoms with Gasteiger partial charge in [-0.15, -0.1) is 0 Å². The third-order valence-electron chi connectivity index (χ3n) is 2.88. The molecular formula is C15H17N. The van der Waals surface area contributed by atoms with Crippen molar-refractivity contribution >= 4 is 0 Å². The molecule has 0 unspecified atom stereocenters. The van der Waals surface area contributed by atoms with Gasteiger partial charge in [0.1, 0.15) is 0 Å². The molecule has 0 amide bonds. The van der Waals surface area contributed by atoms with Crippen LogP contribution in [0.2, 0.25) is 0 Å². The molecule has 2 aromatic rings. The summed E-state index contributed by atoms with van der Waals surface area (Å²) in [6, 6.07) is 10.8. The summed E-state index contributed by atoms with van der Waals surface area (Å²) < 4.78 is 0. The second-order valence-corrected chi connectivity index (χ2v) is 4.47. The van der Waals surface area contributed by atoms with E-state index in [4.69, 9.17) is 0 Å². The van der Waals surface area contributed by atoms with Gasteiger partial charge < -0.3 is 0 Å². The van der Waals surface area contributed by atoms with E-state index in [0.717, 1.165) is 0 Å². The molecule has 0 bridgehead atoms. The molecule has 0 aliphatic rings. The zero-order valence-electron chi connectivity index (χ0n) is 10.1. The lowest BCUT2D eigenvalue weighted by Gasteiger charge is -2.09. The minimum absolute atomic E-state index is 0.571. The van der Waals surface area contributed by atoms with Gasteiger partial charge in [-0.1, -0.05) is 38.1 Å². The van der Waals surface area contributed by atoms with Gasteiger partial charge in [0, 0.05) is 12.4 Å². The van der Waals surface area contributed by atoms with Gasteiger partial charge in [-0.05, 0) is 41.2 Å². The van der Waals surface area contributed by atoms with Crippen LogP contribution in [0.5, 0.6) is 0 Å². The third-order valence-corrected chi connectivity index (χ3v) is 2.88.